The Morgan fingerprint density at radius 2 is 1.90 bits per heavy atom. The summed E-state index contributed by atoms with van der Waals surface area (Å²) in [6, 6.07) is 11.8. The van der Waals surface area contributed by atoms with Crippen LogP contribution in [0.1, 0.15) is 12.5 Å². The average molecular weight is 324 g/mol. The van der Waals surface area contributed by atoms with Gasteiger partial charge in [0.15, 0.2) is 0 Å². The summed E-state index contributed by atoms with van der Waals surface area (Å²) < 4.78 is 26.6. The molecule has 21 heavy (non-hydrogen) atoms. The molecule has 1 aromatic heterocycles. The smallest absolute Gasteiger partial charge is 0.250 e. The van der Waals surface area contributed by atoms with Crippen LogP contribution in [0.3, 0.4) is 0 Å². The van der Waals surface area contributed by atoms with Crippen molar-refractivity contribution in [3.05, 3.63) is 53.4 Å². The molecule has 2 aromatic rings. The Morgan fingerprint density at radius 1 is 1.19 bits per heavy atom. The van der Waals surface area contributed by atoms with E-state index in [9.17, 15) is 13.2 Å². The summed E-state index contributed by atoms with van der Waals surface area (Å²) in [4.78, 5) is 11.9. The van der Waals surface area contributed by atoms with Gasteiger partial charge in [-0.1, -0.05) is 36.4 Å². The molecule has 5 nitrogen and oxygen atoms in total. The fourth-order valence-electron chi connectivity index (χ4n) is 1.70. The summed E-state index contributed by atoms with van der Waals surface area (Å²) in [6.45, 7) is 1.89. The van der Waals surface area contributed by atoms with E-state index in [-0.39, 0.29) is 10.1 Å². The van der Waals surface area contributed by atoms with Crippen LogP contribution < -0.4 is 10.0 Å². The molecule has 2 rings (SSSR count). The Balaban J connectivity index is 1.91. The average Bonchev–Trinajstić information content (AvgIpc) is 3.00. The van der Waals surface area contributed by atoms with Gasteiger partial charge in [-0.3, -0.25) is 4.79 Å². The molecule has 0 aliphatic heterocycles. The minimum Gasteiger partial charge on any atom is -0.351 e. The maximum absolute atomic E-state index is 12.0. The molecule has 0 saturated heterocycles. The number of hydrogen-bond donors (Lipinski definition) is 2. The van der Waals surface area contributed by atoms with E-state index in [1.165, 1.54) is 13.0 Å². The lowest BCUT2D eigenvalue weighted by atomic mass is 10.2. The minimum absolute atomic E-state index is 0.199. The van der Waals surface area contributed by atoms with Gasteiger partial charge in [-0.05, 0) is 23.9 Å². The lowest BCUT2D eigenvalue weighted by Gasteiger charge is -2.13. The van der Waals surface area contributed by atoms with Crippen LogP contribution in [-0.4, -0.2) is 20.4 Å². The van der Waals surface area contributed by atoms with Crippen LogP contribution in [0.25, 0.3) is 0 Å². The van der Waals surface area contributed by atoms with Gasteiger partial charge in [-0.2, -0.15) is 4.72 Å². The van der Waals surface area contributed by atoms with E-state index >= 15 is 0 Å². The molecule has 7 heteroatoms. The summed E-state index contributed by atoms with van der Waals surface area (Å²) in [7, 11) is -3.64. The summed E-state index contributed by atoms with van der Waals surface area (Å²) in [5.74, 6) is -0.362. The van der Waals surface area contributed by atoms with E-state index in [1.807, 2.05) is 30.3 Å². The van der Waals surface area contributed by atoms with E-state index in [4.69, 9.17) is 0 Å². The molecule has 1 heterocycles. The number of thiophene rings is 1. The van der Waals surface area contributed by atoms with E-state index in [0.29, 0.717) is 6.54 Å². The van der Waals surface area contributed by atoms with Crippen molar-refractivity contribution in [1.82, 2.24) is 10.0 Å². The summed E-state index contributed by atoms with van der Waals surface area (Å²) in [5, 5.41) is 4.38. The monoisotopic (exact) mass is 324 g/mol. The van der Waals surface area contributed by atoms with Crippen molar-refractivity contribution >= 4 is 27.3 Å². The van der Waals surface area contributed by atoms with Crippen LogP contribution in [0.2, 0.25) is 0 Å². The maximum atomic E-state index is 12.0. The molecule has 0 bridgehead atoms. The molecular formula is C14H16N2O3S2. The van der Waals surface area contributed by atoms with Gasteiger partial charge >= 0.3 is 0 Å². The fourth-order valence-corrected chi connectivity index (χ4v) is 3.91. The van der Waals surface area contributed by atoms with Crippen molar-refractivity contribution in [3.8, 4) is 0 Å². The van der Waals surface area contributed by atoms with Crippen LogP contribution in [0.4, 0.5) is 0 Å². The third-order valence-electron chi connectivity index (χ3n) is 2.79. The van der Waals surface area contributed by atoms with Crippen LogP contribution in [0, 0.1) is 0 Å². The Hall–Kier alpha value is -1.70. The van der Waals surface area contributed by atoms with Crippen LogP contribution in [0.15, 0.2) is 52.1 Å². The number of benzene rings is 1. The maximum Gasteiger partial charge on any atom is 0.250 e. The first-order valence-electron chi connectivity index (χ1n) is 6.36. The number of amides is 1. The highest BCUT2D eigenvalue weighted by atomic mass is 32.2. The predicted octanol–water partition coefficient (Wildman–Crippen LogP) is 1.73. The minimum atomic E-state index is -3.64. The van der Waals surface area contributed by atoms with Gasteiger partial charge < -0.3 is 5.32 Å². The molecular weight excluding hydrogens is 308 g/mol. The second-order valence-electron chi connectivity index (χ2n) is 4.48. The van der Waals surface area contributed by atoms with Gasteiger partial charge in [-0.25, -0.2) is 8.42 Å². The SMILES string of the molecule is C[C@H](NS(=O)(=O)c1cccs1)C(=O)NCc1ccccc1. The first-order chi connectivity index (χ1) is 9.99. The number of sulfonamides is 1. The zero-order valence-corrected chi connectivity index (χ0v) is 13.1. The normalized spacial score (nSPS) is 12.8. The van der Waals surface area contributed by atoms with E-state index < -0.39 is 16.1 Å². The molecule has 0 fully saturated rings. The molecule has 2 N–H and O–H groups in total. The number of carbonyl (C=O) groups excluding carboxylic acids is 1. The predicted molar refractivity (Wildman–Crippen MR) is 82.4 cm³/mol. The Labute approximate surface area is 128 Å². The first-order valence-corrected chi connectivity index (χ1v) is 8.73. The molecule has 1 amide bonds. The van der Waals surface area contributed by atoms with Crippen molar-refractivity contribution in [3.63, 3.8) is 0 Å². The highest BCUT2D eigenvalue weighted by molar-refractivity contribution is 7.91. The van der Waals surface area contributed by atoms with Crippen molar-refractivity contribution in [1.29, 1.82) is 0 Å². The Morgan fingerprint density at radius 3 is 2.52 bits per heavy atom. The molecule has 0 radical (unpaired) electrons. The topological polar surface area (TPSA) is 75.3 Å². The fraction of sp³-hybridized carbons (Fsp3) is 0.214. The van der Waals surface area contributed by atoms with Crippen molar-refractivity contribution in [2.24, 2.45) is 0 Å². The van der Waals surface area contributed by atoms with Crippen LogP contribution in [-0.2, 0) is 21.4 Å². The lowest BCUT2D eigenvalue weighted by molar-refractivity contribution is -0.122. The van der Waals surface area contributed by atoms with Crippen molar-refractivity contribution in [2.75, 3.05) is 0 Å². The third-order valence-corrected chi connectivity index (χ3v) is 5.73. The van der Waals surface area contributed by atoms with Crippen LogP contribution in [0.5, 0.6) is 0 Å². The molecule has 1 atom stereocenters. The summed E-state index contributed by atoms with van der Waals surface area (Å²) in [5.41, 5.74) is 0.958. The van der Waals surface area contributed by atoms with Gasteiger partial charge in [0.1, 0.15) is 4.21 Å². The summed E-state index contributed by atoms with van der Waals surface area (Å²) in [6.07, 6.45) is 0. The zero-order valence-electron chi connectivity index (χ0n) is 11.4. The molecule has 0 spiro atoms. The van der Waals surface area contributed by atoms with E-state index in [0.717, 1.165) is 16.9 Å². The summed E-state index contributed by atoms with van der Waals surface area (Å²) >= 11 is 1.11. The second-order valence-corrected chi connectivity index (χ2v) is 7.37. The molecule has 0 saturated carbocycles. The lowest BCUT2D eigenvalue weighted by Crippen LogP contribution is -2.44. The molecule has 0 aliphatic rings. The standard InChI is InChI=1S/C14H16N2O3S2/c1-11(16-21(18,19)13-8-5-9-20-13)14(17)15-10-12-6-3-2-4-7-12/h2-9,11,16H,10H2,1H3,(H,15,17)/t11-/m0/s1. The van der Waals surface area contributed by atoms with Gasteiger partial charge in [-0.15, -0.1) is 11.3 Å². The number of rotatable bonds is 6. The van der Waals surface area contributed by atoms with Gasteiger partial charge in [0.25, 0.3) is 10.0 Å². The largest absolute Gasteiger partial charge is 0.351 e. The Bertz CT molecular complexity index is 682. The molecule has 1 aromatic carbocycles. The molecule has 0 unspecified atom stereocenters. The zero-order chi connectivity index (χ0) is 15.3. The number of carbonyl (C=O) groups is 1. The first kappa shape index (κ1) is 15.7. The number of nitrogens with one attached hydrogen (secondary N) is 2. The molecule has 0 aliphatic carbocycles. The second kappa shape index (κ2) is 6.84. The van der Waals surface area contributed by atoms with Crippen LogP contribution >= 0.6 is 11.3 Å². The van der Waals surface area contributed by atoms with E-state index in [1.54, 1.807) is 11.4 Å². The van der Waals surface area contributed by atoms with Gasteiger partial charge in [0.05, 0.1) is 6.04 Å². The van der Waals surface area contributed by atoms with Crippen molar-refractivity contribution in [2.45, 2.75) is 23.7 Å². The highest BCUT2D eigenvalue weighted by Gasteiger charge is 2.22. The molecule has 112 valence electrons. The Kier molecular flexibility index (Phi) is 5.11. The highest BCUT2D eigenvalue weighted by Crippen LogP contribution is 2.15. The third kappa shape index (κ3) is 4.38. The quantitative estimate of drug-likeness (QED) is 0.850. The van der Waals surface area contributed by atoms with Crippen molar-refractivity contribution < 1.29 is 13.2 Å². The number of hydrogen-bond acceptors (Lipinski definition) is 4. The van der Waals surface area contributed by atoms with Gasteiger partial charge in [0.2, 0.25) is 5.91 Å². The van der Waals surface area contributed by atoms with E-state index in [2.05, 4.69) is 10.0 Å². The van der Waals surface area contributed by atoms with Gasteiger partial charge in [0, 0.05) is 6.54 Å².